The van der Waals surface area contributed by atoms with Crippen LogP contribution in [0, 0.1) is 12.8 Å². The van der Waals surface area contributed by atoms with E-state index in [4.69, 9.17) is 10.5 Å². The molecule has 0 fully saturated rings. The van der Waals surface area contributed by atoms with Crippen LogP contribution in [0.15, 0.2) is 18.2 Å². The second-order valence-electron chi connectivity index (χ2n) is 6.50. The zero-order chi connectivity index (χ0) is 16.0. The maximum absolute atomic E-state index is 10.1. The summed E-state index contributed by atoms with van der Waals surface area (Å²) in [6.07, 6.45) is 1.05. The fraction of sp³-hybridized carbons (Fsp3) is 0.667. The Morgan fingerprint density at radius 2 is 1.90 bits per heavy atom. The lowest BCUT2D eigenvalue weighted by atomic mass is 9.89. The van der Waals surface area contributed by atoms with Gasteiger partial charge in [-0.3, -0.25) is 0 Å². The van der Waals surface area contributed by atoms with Crippen molar-refractivity contribution in [1.82, 2.24) is 0 Å². The van der Waals surface area contributed by atoms with Gasteiger partial charge in [0.25, 0.3) is 0 Å². The number of benzene rings is 1. The van der Waals surface area contributed by atoms with Crippen molar-refractivity contribution >= 4 is 0 Å². The molecule has 0 aliphatic rings. The number of aryl methyl sites for hydroxylation is 1. The molecule has 0 saturated heterocycles. The summed E-state index contributed by atoms with van der Waals surface area (Å²) < 4.78 is 5.75. The molecule has 0 radical (unpaired) electrons. The Morgan fingerprint density at radius 3 is 2.43 bits per heavy atom. The molecule has 0 spiro atoms. The van der Waals surface area contributed by atoms with Crippen LogP contribution < -0.4 is 10.5 Å². The summed E-state index contributed by atoms with van der Waals surface area (Å²) in [5, 5.41) is 10.1. The Labute approximate surface area is 129 Å². The van der Waals surface area contributed by atoms with Crippen molar-refractivity contribution in [3.05, 3.63) is 29.3 Å². The number of nitrogens with two attached hydrogens (primary N) is 1. The molecule has 0 amide bonds. The summed E-state index contributed by atoms with van der Waals surface area (Å²) >= 11 is 0. The summed E-state index contributed by atoms with van der Waals surface area (Å²) in [4.78, 5) is 0. The van der Waals surface area contributed by atoms with Gasteiger partial charge in [0.1, 0.15) is 5.75 Å². The van der Waals surface area contributed by atoms with E-state index >= 15 is 0 Å². The third-order valence-electron chi connectivity index (χ3n) is 3.92. The minimum atomic E-state index is -0.443. The highest BCUT2D eigenvalue weighted by Crippen LogP contribution is 2.28. The Balaban J connectivity index is 2.70. The minimum absolute atomic E-state index is 0.138. The van der Waals surface area contributed by atoms with Gasteiger partial charge in [0.2, 0.25) is 0 Å². The Kier molecular flexibility index (Phi) is 7.20. The molecule has 3 unspecified atom stereocenters. The lowest BCUT2D eigenvalue weighted by Gasteiger charge is -2.22. The predicted molar refractivity (Wildman–Crippen MR) is 88.8 cm³/mol. The molecule has 120 valence electrons. The lowest BCUT2D eigenvalue weighted by Crippen LogP contribution is -2.34. The van der Waals surface area contributed by atoms with Crippen LogP contribution in [-0.4, -0.2) is 23.9 Å². The number of aliphatic hydroxyl groups is 1. The van der Waals surface area contributed by atoms with E-state index in [1.54, 1.807) is 0 Å². The van der Waals surface area contributed by atoms with Gasteiger partial charge < -0.3 is 15.6 Å². The molecule has 0 aromatic heterocycles. The number of hydrogen-bond donors (Lipinski definition) is 2. The fourth-order valence-corrected chi connectivity index (χ4v) is 2.49. The molecule has 1 aromatic rings. The average molecular weight is 293 g/mol. The fourth-order valence-electron chi connectivity index (χ4n) is 2.49. The smallest absolute Gasteiger partial charge is 0.119 e. The molecule has 3 atom stereocenters. The maximum atomic E-state index is 10.1. The van der Waals surface area contributed by atoms with Crippen molar-refractivity contribution in [2.45, 2.75) is 65.5 Å². The van der Waals surface area contributed by atoms with Crippen molar-refractivity contribution in [3.8, 4) is 5.75 Å². The van der Waals surface area contributed by atoms with Crippen molar-refractivity contribution in [1.29, 1.82) is 0 Å². The zero-order valence-corrected chi connectivity index (χ0v) is 14.1. The third-order valence-corrected chi connectivity index (χ3v) is 3.92. The van der Waals surface area contributed by atoms with E-state index in [2.05, 4.69) is 39.8 Å². The molecular formula is C18H31NO2. The average Bonchev–Trinajstić information content (AvgIpc) is 2.43. The van der Waals surface area contributed by atoms with Crippen LogP contribution in [-0.2, 0) is 0 Å². The Bertz CT molecular complexity index is 431. The van der Waals surface area contributed by atoms with E-state index < -0.39 is 6.10 Å². The van der Waals surface area contributed by atoms with E-state index in [-0.39, 0.29) is 12.0 Å². The highest BCUT2D eigenvalue weighted by molar-refractivity contribution is 5.36. The predicted octanol–water partition coefficient (Wildman–Crippen LogP) is 3.62. The van der Waals surface area contributed by atoms with Gasteiger partial charge in [-0.1, -0.05) is 33.8 Å². The first-order valence-corrected chi connectivity index (χ1v) is 8.02. The summed E-state index contributed by atoms with van der Waals surface area (Å²) in [5.41, 5.74) is 8.37. The molecule has 0 aliphatic heterocycles. The number of ether oxygens (including phenoxy) is 1. The number of hydrogen-bond acceptors (Lipinski definition) is 3. The standard InChI is InChI=1S/C18H31NO2/c1-6-17(19)18(20)10-14(5)16-8-7-15(9-13(16)4)21-11-12(2)3/h7-9,12,14,17-18,20H,6,10-11,19H2,1-5H3. The summed E-state index contributed by atoms with van der Waals surface area (Å²) in [6.45, 7) is 11.3. The first kappa shape index (κ1) is 18.0. The SMILES string of the molecule is CCC(N)C(O)CC(C)c1ccc(OCC(C)C)cc1C. The summed E-state index contributed by atoms with van der Waals surface area (Å²) in [5.74, 6) is 1.73. The highest BCUT2D eigenvalue weighted by Gasteiger charge is 2.18. The van der Waals surface area contributed by atoms with E-state index in [9.17, 15) is 5.11 Å². The largest absolute Gasteiger partial charge is 0.493 e. The van der Waals surface area contributed by atoms with Crippen molar-refractivity contribution in [2.24, 2.45) is 11.7 Å². The number of rotatable bonds is 8. The van der Waals surface area contributed by atoms with Crippen LogP contribution in [0.2, 0.25) is 0 Å². The first-order valence-electron chi connectivity index (χ1n) is 8.02. The molecular weight excluding hydrogens is 262 g/mol. The normalized spacial score (nSPS) is 15.8. The van der Waals surface area contributed by atoms with Crippen LogP contribution >= 0.6 is 0 Å². The molecule has 3 heteroatoms. The molecule has 0 aliphatic carbocycles. The molecule has 0 heterocycles. The Hall–Kier alpha value is -1.06. The quantitative estimate of drug-likeness (QED) is 0.769. The van der Waals surface area contributed by atoms with Gasteiger partial charge in [0.15, 0.2) is 0 Å². The summed E-state index contributed by atoms with van der Waals surface area (Å²) in [7, 11) is 0. The van der Waals surface area contributed by atoms with E-state index in [0.29, 0.717) is 12.3 Å². The van der Waals surface area contributed by atoms with Gasteiger partial charge in [-0.05, 0) is 54.9 Å². The van der Waals surface area contributed by atoms with Crippen LogP contribution in [0.1, 0.15) is 57.6 Å². The molecule has 0 saturated carbocycles. The van der Waals surface area contributed by atoms with Gasteiger partial charge >= 0.3 is 0 Å². The summed E-state index contributed by atoms with van der Waals surface area (Å²) in [6, 6.07) is 6.08. The molecule has 1 aromatic carbocycles. The molecule has 3 nitrogen and oxygen atoms in total. The van der Waals surface area contributed by atoms with E-state index in [1.807, 2.05) is 13.0 Å². The zero-order valence-electron chi connectivity index (χ0n) is 14.1. The lowest BCUT2D eigenvalue weighted by molar-refractivity contribution is 0.126. The van der Waals surface area contributed by atoms with E-state index in [1.165, 1.54) is 11.1 Å². The highest BCUT2D eigenvalue weighted by atomic mass is 16.5. The van der Waals surface area contributed by atoms with Gasteiger partial charge in [-0.25, -0.2) is 0 Å². The van der Waals surface area contributed by atoms with Crippen molar-refractivity contribution in [3.63, 3.8) is 0 Å². The molecule has 21 heavy (non-hydrogen) atoms. The second kappa shape index (κ2) is 8.40. The van der Waals surface area contributed by atoms with Crippen molar-refractivity contribution < 1.29 is 9.84 Å². The second-order valence-corrected chi connectivity index (χ2v) is 6.50. The molecule has 1 rings (SSSR count). The molecule has 3 N–H and O–H groups in total. The maximum Gasteiger partial charge on any atom is 0.119 e. The van der Waals surface area contributed by atoms with Crippen LogP contribution in [0.4, 0.5) is 0 Å². The van der Waals surface area contributed by atoms with Gasteiger partial charge in [0, 0.05) is 6.04 Å². The first-order chi connectivity index (χ1) is 9.85. The van der Waals surface area contributed by atoms with Crippen LogP contribution in [0.5, 0.6) is 5.75 Å². The topological polar surface area (TPSA) is 55.5 Å². The van der Waals surface area contributed by atoms with E-state index in [0.717, 1.165) is 18.8 Å². The minimum Gasteiger partial charge on any atom is -0.493 e. The van der Waals surface area contributed by atoms with Gasteiger partial charge in [-0.15, -0.1) is 0 Å². The third kappa shape index (κ3) is 5.68. The van der Waals surface area contributed by atoms with Crippen LogP contribution in [0.3, 0.4) is 0 Å². The monoisotopic (exact) mass is 293 g/mol. The Morgan fingerprint density at radius 1 is 1.24 bits per heavy atom. The molecule has 0 bridgehead atoms. The van der Waals surface area contributed by atoms with Crippen LogP contribution in [0.25, 0.3) is 0 Å². The van der Waals surface area contributed by atoms with Gasteiger partial charge in [0.05, 0.1) is 12.7 Å². The van der Waals surface area contributed by atoms with Crippen molar-refractivity contribution in [2.75, 3.05) is 6.61 Å². The van der Waals surface area contributed by atoms with Gasteiger partial charge in [-0.2, -0.15) is 0 Å². The number of aliphatic hydroxyl groups excluding tert-OH is 1.